The standard InChI is InChI=1S/C21H22FN5O5/c1-13(28)30-12-20(29)27-8-7-26(11-19(27)22)17-5-3-2-4-14(17)16-10-18(32-25-16)21(23)15-6-9-31-24-15/h2-6,9-10,19,21H,7-8,11-12,23H2,1H3. The number of benzene rings is 1. The quantitative estimate of drug-likeness (QED) is 0.448. The molecule has 0 radical (unpaired) electrons. The van der Waals surface area contributed by atoms with Crippen LogP contribution in [0.3, 0.4) is 0 Å². The Morgan fingerprint density at radius 1 is 1.28 bits per heavy atom. The maximum Gasteiger partial charge on any atom is 0.303 e. The maximum atomic E-state index is 14.8. The van der Waals surface area contributed by atoms with Crippen molar-refractivity contribution >= 4 is 17.6 Å². The lowest BCUT2D eigenvalue weighted by atomic mass is 10.1. The lowest BCUT2D eigenvalue weighted by molar-refractivity contribution is -0.153. The Bertz CT molecular complexity index is 1090. The number of nitrogens with two attached hydrogens (primary N) is 1. The number of alkyl halides is 1. The zero-order chi connectivity index (χ0) is 22.7. The molecule has 1 aliphatic heterocycles. The molecule has 2 N–H and O–H groups in total. The highest BCUT2D eigenvalue weighted by atomic mass is 19.1. The Morgan fingerprint density at radius 2 is 2.09 bits per heavy atom. The van der Waals surface area contributed by atoms with Crippen LogP contribution < -0.4 is 10.6 Å². The summed E-state index contributed by atoms with van der Waals surface area (Å²) in [6.45, 7) is 1.23. The molecule has 11 heteroatoms. The van der Waals surface area contributed by atoms with E-state index in [1.165, 1.54) is 13.2 Å². The Balaban J connectivity index is 1.50. The number of hydrogen-bond donors (Lipinski definition) is 1. The van der Waals surface area contributed by atoms with Crippen LogP contribution in [-0.2, 0) is 14.3 Å². The van der Waals surface area contributed by atoms with Gasteiger partial charge >= 0.3 is 5.97 Å². The van der Waals surface area contributed by atoms with Gasteiger partial charge in [0.05, 0.1) is 6.54 Å². The number of piperazine rings is 1. The predicted molar refractivity (Wildman–Crippen MR) is 110 cm³/mol. The number of rotatable bonds is 6. The van der Waals surface area contributed by atoms with E-state index in [1.807, 2.05) is 29.2 Å². The summed E-state index contributed by atoms with van der Waals surface area (Å²) in [7, 11) is 0. The van der Waals surface area contributed by atoms with E-state index in [-0.39, 0.29) is 13.1 Å². The number of carbonyl (C=O) groups is 2. The van der Waals surface area contributed by atoms with E-state index < -0.39 is 30.8 Å². The summed E-state index contributed by atoms with van der Waals surface area (Å²) in [6.07, 6.45) is -0.125. The lowest BCUT2D eigenvalue weighted by Crippen LogP contribution is -2.54. The van der Waals surface area contributed by atoms with Gasteiger partial charge in [-0.1, -0.05) is 28.5 Å². The van der Waals surface area contributed by atoms with E-state index >= 15 is 0 Å². The van der Waals surface area contributed by atoms with E-state index in [0.717, 1.165) is 16.2 Å². The van der Waals surface area contributed by atoms with Crippen molar-refractivity contribution < 1.29 is 27.8 Å². The number of para-hydroxylation sites is 1. The highest BCUT2D eigenvalue weighted by Gasteiger charge is 2.32. The van der Waals surface area contributed by atoms with Gasteiger partial charge in [-0.25, -0.2) is 4.39 Å². The first-order valence-corrected chi connectivity index (χ1v) is 9.97. The van der Waals surface area contributed by atoms with Crippen LogP contribution in [0, 0.1) is 0 Å². The van der Waals surface area contributed by atoms with Gasteiger partial charge < -0.3 is 29.3 Å². The van der Waals surface area contributed by atoms with Gasteiger partial charge in [0.15, 0.2) is 18.7 Å². The van der Waals surface area contributed by atoms with Crippen LogP contribution in [0.5, 0.6) is 0 Å². The molecule has 1 amide bonds. The molecule has 0 aliphatic carbocycles. The number of aromatic nitrogens is 2. The number of carbonyl (C=O) groups excluding carboxylic acids is 2. The van der Waals surface area contributed by atoms with Gasteiger partial charge in [0.25, 0.3) is 5.91 Å². The topological polar surface area (TPSA) is 128 Å². The average Bonchev–Trinajstić information content (AvgIpc) is 3.49. The lowest BCUT2D eigenvalue weighted by Gasteiger charge is -2.39. The van der Waals surface area contributed by atoms with Gasteiger partial charge in [-0.3, -0.25) is 9.59 Å². The zero-order valence-electron chi connectivity index (χ0n) is 17.3. The number of hydrogen-bond acceptors (Lipinski definition) is 9. The smallest absolute Gasteiger partial charge is 0.303 e. The Hall–Kier alpha value is -3.73. The van der Waals surface area contributed by atoms with Crippen LogP contribution in [0.25, 0.3) is 11.3 Å². The molecule has 1 aliphatic rings. The molecule has 2 unspecified atom stereocenters. The van der Waals surface area contributed by atoms with Crippen molar-refractivity contribution in [2.45, 2.75) is 19.3 Å². The first kappa shape index (κ1) is 21.5. The summed E-state index contributed by atoms with van der Waals surface area (Å²) in [5.74, 6) is -0.742. The molecule has 168 valence electrons. The minimum atomic E-state index is -1.55. The third-order valence-corrected chi connectivity index (χ3v) is 5.17. The highest BCUT2D eigenvalue weighted by Crippen LogP contribution is 2.33. The van der Waals surface area contributed by atoms with Crippen LogP contribution in [0.4, 0.5) is 10.1 Å². The molecule has 2 aromatic heterocycles. The van der Waals surface area contributed by atoms with Crippen LogP contribution in [0.1, 0.15) is 24.4 Å². The molecule has 1 aromatic carbocycles. The molecule has 10 nitrogen and oxygen atoms in total. The van der Waals surface area contributed by atoms with Crippen molar-refractivity contribution in [3.63, 3.8) is 0 Å². The van der Waals surface area contributed by atoms with Gasteiger partial charge in [0.1, 0.15) is 23.7 Å². The van der Waals surface area contributed by atoms with Crippen molar-refractivity contribution in [3.05, 3.63) is 54.1 Å². The van der Waals surface area contributed by atoms with E-state index in [9.17, 15) is 14.0 Å². The monoisotopic (exact) mass is 443 g/mol. The summed E-state index contributed by atoms with van der Waals surface area (Å²) in [5.41, 5.74) is 8.69. The van der Waals surface area contributed by atoms with E-state index in [0.29, 0.717) is 23.7 Å². The van der Waals surface area contributed by atoms with Crippen LogP contribution in [0.2, 0.25) is 0 Å². The minimum absolute atomic E-state index is 0.0357. The number of esters is 1. The van der Waals surface area contributed by atoms with Gasteiger partial charge in [0.2, 0.25) is 0 Å². The molecular formula is C21H22FN5O5. The summed E-state index contributed by atoms with van der Waals surface area (Å²) in [6, 6.07) is 10.1. The van der Waals surface area contributed by atoms with Crippen molar-refractivity contribution in [2.75, 3.05) is 31.1 Å². The molecule has 4 rings (SSSR count). The summed E-state index contributed by atoms with van der Waals surface area (Å²) < 4.78 is 29.8. The highest BCUT2D eigenvalue weighted by molar-refractivity contribution is 5.81. The fourth-order valence-electron chi connectivity index (χ4n) is 3.54. The average molecular weight is 443 g/mol. The molecular weight excluding hydrogens is 421 g/mol. The van der Waals surface area contributed by atoms with Gasteiger partial charge in [-0.2, -0.15) is 0 Å². The van der Waals surface area contributed by atoms with Crippen LogP contribution >= 0.6 is 0 Å². The number of anilines is 1. The fourth-order valence-corrected chi connectivity index (χ4v) is 3.54. The summed E-state index contributed by atoms with van der Waals surface area (Å²) in [4.78, 5) is 26.0. The molecule has 0 saturated carbocycles. The van der Waals surface area contributed by atoms with Crippen molar-refractivity contribution in [1.29, 1.82) is 0 Å². The number of amides is 1. The molecule has 0 bridgehead atoms. The molecule has 3 heterocycles. The third kappa shape index (κ3) is 4.47. The molecule has 3 aromatic rings. The minimum Gasteiger partial charge on any atom is -0.456 e. The summed E-state index contributed by atoms with van der Waals surface area (Å²) in [5, 5.41) is 7.95. The Morgan fingerprint density at radius 3 is 2.81 bits per heavy atom. The number of ether oxygens (including phenoxy) is 1. The van der Waals surface area contributed by atoms with Crippen LogP contribution in [-0.4, -0.2) is 59.6 Å². The first-order chi connectivity index (χ1) is 15.4. The Labute approximate surface area is 182 Å². The number of halogens is 1. The maximum absolute atomic E-state index is 14.8. The second-order valence-electron chi connectivity index (χ2n) is 7.28. The molecule has 1 fully saturated rings. The fraction of sp³-hybridized carbons (Fsp3) is 0.333. The molecule has 1 saturated heterocycles. The largest absolute Gasteiger partial charge is 0.456 e. The zero-order valence-corrected chi connectivity index (χ0v) is 17.3. The van der Waals surface area contributed by atoms with Gasteiger partial charge in [-0.15, -0.1) is 0 Å². The SMILES string of the molecule is CC(=O)OCC(=O)N1CCN(c2ccccc2-c2cc(C(N)c3ccon3)on2)CC1F. The normalized spacial score (nSPS) is 17.3. The summed E-state index contributed by atoms with van der Waals surface area (Å²) >= 11 is 0. The predicted octanol–water partition coefficient (Wildman–Crippen LogP) is 1.88. The van der Waals surface area contributed by atoms with Crippen molar-refractivity contribution in [3.8, 4) is 11.3 Å². The van der Waals surface area contributed by atoms with E-state index in [1.54, 1.807) is 12.1 Å². The molecule has 32 heavy (non-hydrogen) atoms. The second kappa shape index (κ2) is 9.18. The number of nitrogens with zero attached hydrogens (tertiary/aromatic N) is 4. The third-order valence-electron chi connectivity index (χ3n) is 5.17. The molecule has 0 spiro atoms. The second-order valence-corrected chi connectivity index (χ2v) is 7.28. The van der Waals surface area contributed by atoms with Crippen molar-refractivity contribution in [2.24, 2.45) is 5.73 Å². The van der Waals surface area contributed by atoms with Crippen LogP contribution in [0.15, 0.2) is 51.7 Å². The van der Waals surface area contributed by atoms with Gasteiger partial charge in [-0.05, 0) is 6.07 Å². The van der Waals surface area contributed by atoms with Gasteiger partial charge in [0, 0.05) is 43.4 Å². The van der Waals surface area contributed by atoms with Crippen molar-refractivity contribution in [1.82, 2.24) is 15.2 Å². The molecule has 2 atom stereocenters. The Kier molecular flexibility index (Phi) is 6.17. The van der Waals surface area contributed by atoms with E-state index in [2.05, 4.69) is 10.3 Å². The van der Waals surface area contributed by atoms with E-state index in [4.69, 9.17) is 19.5 Å². The first-order valence-electron chi connectivity index (χ1n) is 9.97.